The molecule has 1 aromatic carbocycles. The minimum Gasteiger partial charge on any atom is -0.385 e. The third-order valence-corrected chi connectivity index (χ3v) is 4.36. The maximum absolute atomic E-state index is 12.7. The number of hydrogen-bond acceptors (Lipinski definition) is 3. The first-order valence-corrected chi connectivity index (χ1v) is 7.83. The minimum atomic E-state index is -0.521. The van der Waals surface area contributed by atoms with E-state index in [0.29, 0.717) is 36.0 Å². The van der Waals surface area contributed by atoms with Crippen LogP contribution < -0.4 is 10.6 Å². The third kappa shape index (κ3) is 3.04. The van der Waals surface area contributed by atoms with Crippen molar-refractivity contribution in [3.63, 3.8) is 0 Å². The van der Waals surface area contributed by atoms with E-state index in [1.165, 1.54) is 0 Å². The van der Waals surface area contributed by atoms with Crippen LogP contribution in [0.1, 0.15) is 18.0 Å². The molecule has 7 heteroatoms. The quantitative estimate of drug-likeness (QED) is 0.806. The number of nitrogens with one attached hydrogen (secondary N) is 2. The van der Waals surface area contributed by atoms with E-state index in [1.807, 2.05) is 18.2 Å². The zero-order valence-corrected chi connectivity index (χ0v) is 13.5. The highest BCUT2D eigenvalue weighted by Crippen LogP contribution is 2.35. The molecule has 2 aliphatic heterocycles. The highest BCUT2D eigenvalue weighted by Gasteiger charge is 2.40. The van der Waals surface area contributed by atoms with E-state index in [-0.39, 0.29) is 11.9 Å². The van der Waals surface area contributed by atoms with Gasteiger partial charge in [-0.3, -0.25) is 4.79 Å². The van der Waals surface area contributed by atoms with Gasteiger partial charge in [0.2, 0.25) is 0 Å². The lowest BCUT2D eigenvalue weighted by Crippen LogP contribution is -2.44. The summed E-state index contributed by atoms with van der Waals surface area (Å²) in [5.74, 6) is -0.0754. The number of nitrogens with zero attached hydrogens (tertiary/aromatic N) is 1. The fourth-order valence-electron chi connectivity index (χ4n) is 2.95. The smallest absolute Gasteiger partial charge is 0.319 e. The Bertz CT molecular complexity index is 674. The second kappa shape index (κ2) is 6.60. The molecule has 2 heterocycles. The first kappa shape index (κ1) is 15.8. The number of rotatable bonds is 5. The molecule has 0 fully saturated rings. The molecule has 1 atom stereocenters. The maximum atomic E-state index is 12.7. The van der Waals surface area contributed by atoms with Crippen LogP contribution in [-0.2, 0) is 9.53 Å². The Balaban J connectivity index is 1.88. The van der Waals surface area contributed by atoms with Gasteiger partial charge in [0.25, 0.3) is 5.91 Å². The molecule has 0 spiro atoms. The molecule has 2 aliphatic rings. The van der Waals surface area contributed by atoms with E-state index in [1.54, 1.807) is 18.1 Å². The second-order valence-electron chi connectivity index (χ2n) is 5.52. The van der Waals surface area contributed by atoms with E-state index < -0.39 is 6.04 Å². The number of carbonyl (C=O) groups excluding carboxylic acids is 2. The Hall–Kier alpha value is -2.05. The van der Waals surface area contributed by atoms with Crippen LogP contribution >= 0.6 is 11.6 Å². The van der Waals surface area contributed by atoms with Gasteiger partial charge in [0.15, 0.2) is 0 Å². The monoisotopic (exact) mass is 335 g/mol. The van der Waals surface area contributed by atoms with Crippen molar-refractivity contribution in [3.8, 4) is 0 Å². The third-order valence-electron chi connectivity index (χ3n) is 4.01. The maximum Gasteiger partial charge on any atom is 0.319 e. The fourth-order valence-corrected chi connectivity index (χ4v) is 3.20. The lowest BCUT2D eigenvalue weighted by molar-refractivity contribution is -0.125. The normalized spacial score (nSPS) is 20.4. The Morgan fingerprint density at radius 2 is 2.13 bits per heavy atom. The number of benzene rings is 1. The van der Waals surface area contributed by atoms with E-state index >= 15 is 0 Å². The second-order valence-corrected chi connectivity index (χ2v) is 5.93. The van der Waals surface area contributed by atoms with Crippen molar-refractivity contribution in [3.05, 3.63) is 46.1 Å². The van der Waals surface area contributed by atoms with Gasteiger partial charge in [0.1, 0.15) is 0 Å². The summed E-state index contributed by atoms with van der Waals surface area (Å²) in [5.41, 5.74) is 1.94. The summed E-state index contributed by atoms with van der Waals surface area (Å²) < 4.78 is 5.03. The summed E-state index contributed by atoms with van der Waals surface area (Å²) in [6, 6.07) is 6.39. The van der Waals surface area contributed by atoms with Crippen molar-refractivity contribution < 1.29 is 14.3 Å². The van der Waals surface area contributed by atoms with Gasteiger partial charge in [-0.05, 0) is 18.1 Å². The summed E-state index contributed by atoms with van der Waals surface area (Å²) >= 11 is 6.25. The number of amides is 3. The van der Waals surface area contributed by atoms with Gasteiger partial charge in [-0.15, -0.1) is 0 Å². The molecule has 1 aromatic rings. The molecular formula is C16H18ClN3O3. The summed E-state index contributed by atoms with van der Waals surface area (Å²) in [4.78, 5) is 26.4. The number of methoxy groups -OCH3 is 1. The van der Waals surface area contributed by atoms with Gasteiger partial charge < -0.3 is 20.3 Å². The van der Waals surface area contributed by atoms with Crippen molar-refractivity contribution in [2.45, 2.75) is 12.5 Å². The highest BCUT2D eigenvalue weighted by atomic mass is 35.5. The Labute approximate surface area is 139 Å². The molecule has 0 bridgehead atoms. The minimum absolute atomic E-state index is 0.0754. The molecule has 23 heavy (non-hydrogen) atoms. The molecule has 0 saturated carbocycles. The fraction of sp³-hybridized carbons (Fsp3) is 0.375. The molecule has 0 aliphatic carbocycles. The lowest BCUT2D eigenvalue weighted by Gasteiger charge is -2.26. The van der Waals surface area contributed by atoms with Gasteiger partial charge in [-0.2, -0.15) is 0 Å². The largest absolute Gasteiger partial charge is 0.385 e. The van der Waals surface area contributed by atoms with E-state index in [0.717, 1.165) is 12.0 Å². The molecule has 3 rings (SSSR count). The zero-order chi connectivity index (χ0) is 16.4. The molecule has 3 amide bonds. The molecular weight excluding hydrogens is 318 g/mol. The molecule has 1 unspecified atom stereocenters. The lowest BCUT2D eigenvalue weighted by atomic mass is 9.96. The Morgan fingerprint density at radius 1 is 1.35 bits per heavy atom. The molecule has 6 nitrogen and oxygen atoms in total. The van der Waals surface area contributed by atoms with Crippen LogP contribution in [0.2, 0.25) is 5.02 Å². The molecule has 0 aromatic heterocycles. The number of urea groups is 1. The number of hydrogen-bond donors (Lipinski definition) is 2. The van der Waals surface area contributed by atoms with Gasteiger partial charge in [0.05, 0.1) is 23.9 Å². The van der Waals surface area contributed by atoms with Crippen molar-refractivity contribution >= 4 is 23.5 Å². The average Bonchev–Trinajstić information content (AvgIpc) is 2.83. The van der Waals surface area contributed by atoms with Crippen LogP contribution in [0.4, 0.5) is 4.79 Å². The van der Waals surface area contributed by atoms with Crippen molar-refractivity contribution in [1.29, 1.82) is 0 Å². The number of halogens is 1. The number of ether oxygens (including phenoxy) is 1. The Morgan fingerprint density at radius 3 is 2.87 bits per heavy atom. The molecule has 2 N–H and O–H groups in total. The predicted octanol–water partition coefficient (Wildman–Crippen LogP) is 1.83. The van der Waals surface area contributed by atoms with Gasteiger partial charge in [0, 0.05) is 25.3 Å². The summed E-state index contributed by atoms with van der Waals surface area (Å²) in [7, 11) is 1.63. The zero-order valence-electron chi connectivity index (χ0n) is 12.8. The first-order chi connectivity index (χ1) is 11.1. The van der Waals surface area contributed by atoms with Crippen molar-refractivity contribution in [2.24, 2.45) is 0 Å². The van der Waals surface area contributed by atoms with Gasteiger partial charge in [-0.1, -0.05) is 29.8 Å². The standard InChI is InChI=1S/C16H18ClN3O3/c1-23-8-4-7-20-9-12-13(15(20)21)14(19-16(22)18-12)10-5-2-3-6-11(10)17/h2-3,5-6,14H,4,7-9H2,1H3,(H2,18,19,22). The summed E-state index contributed by atoms with van der Waals surface area (Å²) in [5, 5.41) is 6.06. The van der Waals surface area contributed by atoms with Gasteiger partial charge in [-0.25, -0.2) is 4.79 Å². The van der Waals surface area contributed by atoms with Crippen LogP contribution in [0.3, 0.4) is 0 Å². The first-order valence-electron chi connectivity index (χ1n) is 7.45. The van der Waals surface area contributed by atoms with Crippen LogP contribution in [-0.4, -0.2) is 43.6 Å². The van der Waals surface area contributed by atoms with Crippen LogP contribution in [0, 0.1) is 0 Å². The molecule has 0 saturated heterocycles. The van der Waals surface area contributed by atoms with Crippen molar-refractivity contribution in [2.75, 3.05) is 26.8 Å². The SMILES string of the molecule is COCCCN1CC2=C(C1=O)C(c1ccccc1Cl)NC(=O)N2. The summed E-state index contributed by atoms with van der Waals surface area (Å²) in [6.45, 7) is 1.59. The van der Waals surface area contributed by atoms with Gasteiger partial charge >= 0.3 is 6.03 Å². The average molecular weight is 336 g/mol. The van der Waals surface area contributed by atoms with Crippen molar-refractivity contribution in [1.82, 2.24) is 15.5 Å². The Kier molecular flexibility index (Phi) is 4.54. The topological polar surface area (TPSA) is 70.7 Å². The van der Waals surface area contributed by atoms with Crippen LogP contribution in [0.5, 0.6) is 0 Å². The van der Waals surface area contributed by atoms with E-state index in [9.17, 15) is 9.59 Å². The molecule has 0 radical (unpaired) electrons. The predicted molar refractivity (Wildman–Crippen MR) is 86.0 cm³/mol. The van der Waals surface area contributed by atoms with E-state index in [2.05, 4.69) is 10.6 Å². The number of carbonyl (C=O) groups is 2. The van der Waals surface area contributed by atoms with E-state index in [4.69, 9.17) is 16.3 Å². The molecule has 122 valence electrons. The van der Waals surface area contributed by atoms with Crippen LogP contribution in [0.25, 0.3) is 0 Å². The van der Waals surface area contributed by atoms with Crippen LogP contribution in [0.15, 0.2) is 35.5 Å². The summed E-state index contributed by atoms with van der Waals surface area (Å²) in [6.07, 6.45) is 0.751. The highest BCUT2D eigenvalue weighted by molar-refractivity contribution is 6.31.